The molecule has 1 aromatic rings. The third-order valence-corrected chi connectivity index (χ3v) is 4.51. The molecular weight excluding hydrogens is 268 g/mol. The van der Waals surface area contributed by atoms with Crippen molar-refractivity contribution in [1.82, 2.24) is 20.4 Å². The van der Waals surface area contributed by atoms with Gasteiger partial charge < -0.3 is 15.0 Å². The van der Waals surface area contributed by atoms with E-state index in [4.69, 9.17) is 4.74 Å². The van der Waals surface area contributed by atoms with Crippen LogP contribution in [0.5, 0.6) is 0 Å². The SMILES string of the molecule is COCC(NC(=O)N1CCCCC1c1cn[nH]c1)C1CC1. The van der Waals surface area contributed by atoms with Crippen molar-refractivity contribution in [2.24, 2.45) is 5.92 Å². The minimum atomic E-state index is 0.0369. The van der Waals surface area contributed by atoms with Crippen LogP contribution in [0, 0.1) is 5.92 Å². The summed E-state index contributed by atoms with van der Waals surface area (Å²) in [5, 5.41) is 10.0. The summed E-state index contributed by atoms with van der Waals surface area (Å²) in [5.41, 5.74) is 1.10. The van der Waals surface area contributed by atoms with Gasteiger partial charge in [0.15, 0.2) is 0 Å². The van der Waals surface area contributed by atoms with Crippen molar-refractivity contribution in [2.45, 2.75) is 44.2 Å². The van der Waals surface area contributed by atoms with Crippen LogP contribution < -0.4 is 5.32 Å². The van der Waals surface area contributed by atoms with E-state index in [0.717, 1.165) is 31.4 Å². The summed E-state index contributed by atoms with van der Waals surface area (Å²) in [7, 11) is 1.69. The molecule has 2 heterocycles. The van der Waals surface area contributed by atoms with Gasteiger partial charge in [0.25, 0.3) is 0 Å². The summed E-state index contributed by atoms with van der Waals surface area (Å²) in [6, 6.07) is 0.323. The number of hydrogen-bond donors (Lipinski definition) is 2. The minimum Gasteiger partial charge on any atom is -0.383 e. The maximum absolute atomic E-state index is 12.6. The predicted molar refractivity (Wildman–Crippen MR) is 78.8 cm³/mol. The van der Waals surface area contributed by atoms with Gasteiger partial charge in [-0.3, -0.25) is 5.10 Å². The maximum Gasteiger partial charge on any atom is 0.318 e. The van der Waals surface area contributed by atoms with Crippen molar-refractivity contribution in [3.8, 4) is 0 Å². The molecule has 3 rings (SSSR count). The van der Waals surface area contributed by atoms with E-state index < -0.39 is 0 Å². The Morgan fingerprint density at radius 1 is 1.52 bits per heavy atom. The first-order valence-corrected chi connectivity index (χ1v) is 7.84. The number of ether oxygens (including phenoxy) is 1. The molecule has 0 spiro atoms. The Hall–Kier alpha value is -1.56. The molecule has 0 aromatic carbocycles. The number of amides is 2. The van der Waals surface area contributed by atoms with Crippen LogP contribution in [0.4, 0.5) is 4.79 Å². The van der Waals surface area contributed by atoms with Crippen LogP contribution in [0.2, 0.25) is 0 Å². The molecule has 116 valence electrons. The van der Waals surface area contributed by atoms with E-state index in [0.29, 0.717) is 12.5 Å². The number of urea groups is 1. The number of aromatic nitrogens is 2. The highest BCUT2D eigenvalue weighted by molar-refractivity contribution is 5.75. The van der Waals surface area contributed by atoms with Crippen LogP contribution in [-0.2, 0) is 4.74 Å². The summed E-state index contributed by atoms with van der Waals surface area (Å²) in [6.45, 7) is 1.41. The Labute approximate surface area is 125 Å². The smallest absolute Gasteiger partial charge is 0.318 e. The number of nitrogens with zero attached hydrogens (tertiary/aromatic N) is 2. The molecule has 2 aliphatic rings. The maximum atomic E-state index is 12.6. The van der Waals surface area contributed by atoms with E-state index >= 15 is 0 Å². The fraction of sp³-hybridized carbons (Fsp3) is 0.733. The molecule has 6 heteroatoms. The molecule has 2 atom stereocenters. The lowest BCUT2D eigenvalue weighted by Gasteiger charge is -2.36. The number of nitrogens with one attached hydrogen (secondary N) is 2. The van der Waals surface area contributed by atoms with Gasteiger partial charge in [0.05, 0.1) is 24.9 Å². The van der Waals surface area contributed by atoms with Crippen LogP contribution in [0.1, 0.15) is 43.7 Å². The number of carbonyl (C=O) groups excluding carboxylic acids is 1. The van der Waals surface area contributed by atoms with Crippen molar-refractivity contribution < 1.29 is 9.53 Å². The predicted octanol–water partition coefficient (Wildman–Crippen LogP) is 2.07. The van der Waals surface area contributed by atoms with Gasteiger partial charge in [0, 0.05) is 25.4 Å². The van der Waals surface area contributed by atoms with Gasteiger partial charge >= 0.3 is 6.03 Å². The molecule has 1 saturated heterocycles. The second-order valence-corrected chi connectivity index (χ2v) is 6.09. The summed E-state index contributed by atoms with van der Waals surface area (Å²) >= 11 is 0. The Morgan fingerprint density at radius 3 is 3.05 bits per heavy atom. The first-order chi connectivity index (χ1) is 10.3. The molecule has 6 nitrogen and oxygen atoms in total. The second kappa shape index (κ2) is 6.47. The Bertz CT molecular complexity index is 458. The molecule has 2 amide bonds. The average molecular weight is 292 g/mol. The van der Waals surface area contributed by atoms with E-state index in [1.165, 1.54) is 12.8 Å². The zero-order valence-corrected chi connectivity index (χ0v) is 12.5. The fourth-order valence-electron chi connectivity index (χ4n) is 3.18. The lowest BCUT2D eigenvalue weighted by Crippen LogP contribution is -2.49. The molecular formula is C15H24N4O2. The number of carbonyl (C=O) groups is 1. The number of methoxy groups -OCH3 is 1. The highest BCUT2D eigenvalue weighted by Crippen LogP contribution is 2.34. The molecule has 1 aliphatic carbocycles. The lowest BCUT2D eigenvalue weighted by molar-refractivity contribution is 0.128. The molecule has 21 heavy (non-hydrogen) atoms. The summed E-state index contributed by atoms with van der Waals surface area (Å²) < 4.78 is 5.24. The highest BCUT2D eigenvalue weighted by Gasteiger charge is 2.35. The van der Waals surface area contributed by atoms with E-state index in [1.54, 1.807) is 7.11 Å². The van der Waals surface area contributed by atoms with Crippen LogP contribution >= 0.6 is 0 Å². The van der Waals surface area contributed by atoms with E-state index in [9.17, 15) is 4.79 Å². The molecule has 2 fully saturated rings. The number of aromatic amines is 1. The van der Waals surface area contributed by atoms with Crippen molar-refractivity contribution in [3.05, 3.63) is 18.0 Å². The molecule has 1 saturated carbocycles. The Kier molecular flexibility index (Phi) is 4.43. The number of likely N-dealkylation sites (tertiary alicyclic amines) is 1. The molecule has 2 N–H and O–H groups in total. The monoisotopic (exact) mass is 292 g/mol. The van der Waals surface area contributed by atoms with Gasteiger partial charge in [-0.25, -0.2) is 4.79 Å². The summed E-state index contributed by atoms with van der Waals surface area (Å²) in [4.78, 5) is 14.6. The van der Waals surface area contributed by atoms with Crippen LogP contribution in [0.3, 0.4) is 0 Å². The van der Waals surface area contributed by atoms with Crippen LogP contribution in [0.25, 0.3) is 0 Å². The fourth-order valence-corrected chi connectivity index (χ4v) is 3.18. The normalized spacial score (nSPS) is 23.9. The standard InChI is InChI=1S/C15H24N4O2/c1-21-10-13(11-5-6-11)18-15(20)19-7-3-2-4-14(19)12-8-16-17-9-12/h8-9,11,13-14H,2-7,10H2,1H3,(H,16,17)(H,18,20). The molecule has 2 unspecified atom stereocenters. The topological polar surface area (TPSA) is 70.2 Å². The summed E-state index contributed by atoms with van der Waals surface area (Å²) in [6.07, 6.45) is 9.34. The van der Waals surface area contributed by atoms with Gasteiger partial charge in [-0.15, -0.1) is 0 Å². The van der Waals surface area contributed by atoms with Gasteiger partial charge in [-0.2, -0.15) is 5.10 Å². The Morgan fingerprint density at radius 2 is 2.38 bits per heavy atom. The van der Waals surface area contributed by atoms with Gasteiger partial charge in [0.1, 0.15) is 0 Å². The van der Waals surface area contributed by atoms with Crippen molar-refractivity contribution >= 4 is 6.03 Å². The number of hydrogen-bond acceptors (Lipinski definition) is 3. The zero-order valence-electron chi connectivity index (χ0n) is 12.5. The van der Waals surface area contributed by atoms with Crippen molar-refractivity contribution in [2.75, 3.05) is 20.3 Å². The minimum absolute atomic E-state index is 0.0369. The molecule has 1 aromatic heterocycles. The molecule has 0 bridgehead atoms. The van der Waals surface area contributed by atoms with Crippen molar-refractivity contribution in [1.29, 1.82) is 0 Å². The van der Waals surface area contributed by atoms with E-state index in [-0.39, 0.29) is 18.1 Å². The second-order valence-electron chi connectivity index (χ2n) is 6.09. The van der Waals surface area contributed by atoms with E-state index in [2.05, 4.69) is 15.5 Å². The highest BCUT2D eigenvalue weighted by atomic mass is 16.5. The Balaban J connectivity index is 1.66. The summed E-state index contributed by atoms with van der Waals surface area (Å²) in [5.74, 6) is 0.589. The molecule has 1 aliphatic heterocycles. The quantitative estimate of drug-likeness (QED) is 0.873. The van der Waals surface area contributed by atoms with Gasteiger partial charge in [0.2, 0.25) is 0 Å². The number of H-pyrrole nitrogens is 1. The molecule has 0 radical (unpaired) electrons. The van der Waals surface area contributed by atoms with Gasteiger partial charge in [-0.05, 0) is 38.0 Å². The lowest BCUT2D eigenvalue weighted by atomic mass is 9.98. The van der Waals surface area contributed by atoms with E-state index in [1.807, 2.05) is 17.3 Å². The third-order valence-electron chi connectivity index (χ3n) is 4.51. The third kappa shape index (κ3) is 3.37. The number of rotatable bonds is 5. The van der Waals surface area contributed by atoms with Crippen LogP contribution in [0.15, 0.2) is 12.4 Å². The van der Waals surface area contributed by atoms with Crippen molar-refractivity contribution in [3.63, 3.8) is 0 Å². The first kappa shape index (κ1) is 14.4. The first-order valence-electron chi connectivity index (χ1n) is 7.84. The number of piperidine rings is 1. The zero-order chi connectivity index (χ0) is 14.7. The largest absolute Gasteiger partial charge is 0.383 e. The van der Waals surface area contributed by atoms with Crippen LogP contribution in [-0.4, -0.2) is 47.4 Å². The average Bonchev–Trinajstić information content (AvgIpc) is 3.21. The van der Waals surface area contributed by atoms with Gasteiger partial charge in [-0.1, -0.05) is 0 Å².